The van der Waals surface area contributed by atoms with Gasteiger partial charge in [0.2, 0.25) is 0 Å². The SMILES string of the molecule is CC1CNCC(CCO)N1C(C)(C)C. The van der Waals surface area contributed by atoms with Crippen LogP contribution in [-0.2, 0) is 0 Å². The van der Waals surface area contributed by atoms with Crippen LogP contribution >= 0.6 is 0 Å². The number of aliphatic hydroxyl groups is 1. The maximum absolute atomic E-state index is 9.03. The molecule has 0 aliphatic carbocycles. The molecule has 14 heavy (non-hydrogen) atoms. The third-order valence-electron chi connectivity index (χ3n) is 2.92. The molecule has 0 radical (unpaired) electrons. The zero-order valence-electron chi connectivity index (χ0n) is 9.88. The van der Waals surface area contributed by atoms with E-state index in [2.05, 4.69) is 37.9 Å². The van der Waals surface area contributed by atoms with Crippen LogP contribution in [0.5, 0.6) is 0 Å². The number of nitrogens with one attached hydrogen (secondary N) is 1. The van der Waals surface area contributed by atoms with Crippen LogP contribution in [0.4, 0.5) is 0 Å². The summed E-state index contributed by atoms with van der Waals surface area (Å²) < 4.78 is 0. The van der Waals surface area contributed by atoms with E-state index in [9.17, 15) is 0 Å². The van der Waals surface area contributed by atoms with Crippen LogP contribution in [0.25, 0.3) is 0 Å². The molecule has 1 rings (SSSR count). The Morgan fingerprint density at radius 3 is 2.50 bits per heavy atom. The molecule has 0 aromatic carbocycles. The third-order valence-corrected chi connectivity index (χ3v) is 2.92. The molecule has 3 heteroatoms. The average molecular weight is 200 g/mol. The summed E-state index contributed by atoms with van der Waals surface area (Å²) in [4.78, 5) is 2.53. The largest absolute Gasteiger partial charge is 0.396 e. The molecule has 1 fully saturated rings. The Morgan fingerprint density at radius 1 is 1.36 bits per heavy atom. The fraction of sp³-hybridized carbons (Fsp3) is 1.00. The Labute approximate surface area is 87.5 Å². The van der Waals surface area contributed by atoms with E-state index >= 15 is 0 Å². The second-order valence-electron chi connectivity index (χ2n) is 5.25. The molecule has 0 amide bonds. The zero-order valence-corrected chi connectivity index (χ0v) is 9.88. The monoisotopic (exact) mass is 200 g/mol. The van der Waals surface area contributed by atoms with E-state index in [0.29, 0.717) is 12.1 Å². The highest BCUT2D eigenvalue weighted by Crippen LogP contribution is 2.23. The van der Waals surface area contributed by atoms with Crippen molar-refractivity contribution in [3.8, 4) is 0 Å². The topological polar surface area (TPSA) is 35.5 Å². The second kappa shape index (κ2) is 4.60. The van der Waals surface area contributed by atoms with Crippen molar-refractivity contribution in [2.75, 3.05) is 19.7 Å². The van der Waals surface area contributed by atoms with Gasteiger partial charge in [0.05, 0.1) is 0 Å². The van der Waals surface area contributed by atoms with Crippen LogP contribution in [0.2, 0.25) is 0 Å². The van der Waals surface area contributed by atoms with E-state index < -0.39 is 0 Å². The molecule has 3 nitrogen and oxygen atoms in total. The Kier molecular flexibility index (Phi) is 3.93. The highest BCUT2D eigenvalue weighted by Gasteiger charge is 2.34. The normalized spacial score (nSPS) is 30.6. The quantitative estimate of drug-likeness (QED) is 0.693. The van der Waals surface area contributed by atoms with Crippen molar-refractivity contribution in [3.63, 3.8) is 0 Å². The van der Waals surface area contributed by atoms with Gasteiger partial charge in [-0.25, -0.2) is 0 Å². The summed E-state index contributed by atoms with van der Waals surface area (Å²) in [5.74, 6) is 0. The summed E-state index contributed by atoms with van der Waals surface area (Å²) in [6.45, 7) is 11.3. The summed E-state index contributed by atoms with van der Waals surface area (Å²) >= 11 is 0. The van der Waals surface area contributed by atoms with Gasteiger partial charge in [-0.3, -0.25) is 4.90 Å². The zero-order chi connectivity index (χ0) is 10.8. The lowest BCUT2D eigenvalue weighted by molar-refractivity contribution is 0.00820. The van der Waals surface area contributed by atoms with Crippen molar-refractivity contribution in [2.45, 2.75) is 51.7 Å². The lowest BCUT2D eigenvalue weighted by Gasteiger charge is -2.49. The molecular weight excluding hydrogens is 176 g/mol. The van der Waals surface area contributed by atoms with E-state index in [0.717, 1.165) is 19.5 Å². The van der Waals surface area contributed by atoms with Gasteiger partial charge in [0.15, 0.2) is 0 Å². The van der Waals surface area contributed by atoms with E-state index in [1.54, 1.807) is 0 Å². The van der Waals surface area contributed by atoms with Crippen molar-refractivity contribution in [3.05, 3.63) is 0 Å². The summed E-state index contributed by atoms with van der Waals surface area (Å²) in [5, 5.41) is 12.5. The second-order valence-corrected chi connectivity index (χ2v) is 5.25. The van der Waals surface area contributed by atoms with E-state index in [1.165, 1.54) is 0 Å². The summed E-state index contributed by atoms with van der Waals surface area (Å²) in [6.07, 6.45) is 0.870. The van der Waals surface area contributed by atoms with Gasteiger partial charge in [0.1, 0.15) is 0 Å². The number of rotatable bonds is 2. The maximum atomic E-state index is 9.03. The molecule has 2 N–H and O–H groups in total. The molecule has 0 aromatic rings. The Morgan fingerprint density at radius 2 is 2.00 bits per heavy atom. The Bertz CT molecular complexity index is 175. The standard InChI is InChI=1S/C11H24N2O/c1-9-7-12-8-10(5-6-14)13(9)11(2,3)4/h9-10,12,14H,5-8H2,1-4H3. The number of hydrogen-bond acceptors (Lipinski definition) is 3. The molecule has 2 atom stereocenters. The molecule has 84 valence electrons. The van der Waals surface area contributed by atoms with Crippen molar-refractivity contribution >= 4 is 0 Å². The van der Waals surface area contributed by atoms with Gasteiger partial charge >= 0.3 is 0 Å². The predicted octanol–water partition coefficient (Wildman–Crippen LogP) is 0.830. The van der Waals surface area contributed by atoms with Crippen LogP contribution in [0.1, 0.15) is 34.1 Å². The predicted molar refractivity (Wildman–Crippen MR) is 59.4 cm³/mol. The number of nitrogens with zero attached hydrogens (tertiary/aromatic N) is 1. The molecule has 1 heterocycles. The number of aliphatic hydroxyl groups excluding tert-OH is 1. The molecule has 2 unspecified atom stereocenters. The Balaban J connectivity index is 2.71. The minimum absolute atomic E-state index is 0.196. The van der Waals surface area contributed by atoms with Gasteiger partial charge in [0, 0.05) is 37.3 Å². The lowest BCUT2D eigenvalue weighted by Crippen LogP contribution is -2.62. The number of hydrogen-bond donors (Lipinski definition) is 2. The van der Waals surface area contributed by atoms with E-state index in [-0.39, 0.29) is 12.1 Å². The smallest absolute Gasteiger partial charge is 0.0446 e. The van der Waals surface area contributed by atoms with Crippen molar-refractivity contribution in [1.82, 2.24) is 10.2 Å². The van der Waals surface area contributed by atoms with Crippen LogP contribution in [0.15, 0.2) is 0 Å². The van der Waals surface area contributed by atoms with Crippen LogP contribution in [0.3, 0.4) is 0 Å². The van der Waals surface area contributed by atoms with E-state index in [4.69, 9.17) is 5.11 Å². The summed E-state index contributed by atoms with van der Waals surface area (Å²) in [7, 11) is 0. The van der Waals surface area contributed by atoms with E-state index in [1.807, 2.05) is 0 Å². The first-order valence-electron chi connectivity index (χ1n) is 5.57. The van der Waals surface area contributed by atoms with Crippen LogP contribution in [-0.4, -0.2) is 47.3 Å². The average Bonchev–Trinajstić information content (AvgIpc) is 2.02. The van der Waals surface area contributed by atoms with Gasteiger partial charge < -0.3 is 10.4 Å². The fourth-order valence-electron chi connectivity index (χ4n) is 2.61. The summed E-state index contributed by atoms with van der Waals surface area (Å²) in [5.41, 5.74) is 0.196. The third kappa shape index (κ3) is 2.69. The van der Waals surface area contributed by atoms with Crippen LogP contribution < -0.4 is 5.32 Å². The summed E-state index contributed by atoms with van der Waals surface area (Å²) in [6, 6.07) is 1.03. The number of piperazine rings is 1. The van der Waals surface area contributed by atoms with Crippen molar-refractivity contribution in [1.29, 1.82) is 0 Å². The van der Waals surface area contributed by atoms with Gasteiger partial charge in [-0.2, -0.15) is 0 Å². The first kappa shape index (κ1) is 12.0. The van der Waals surface area contributed by atoms with Crippen molar-refractivity contribution in [2.24, 2.45) is 0 Å². The molecule has 0 bridgehead atoms. The highest BCUT2D eigenvalue weighted by atomic mass is 16.3. The lowest BCUT2D eigenvalue weighted by atomic mass is 9.96. The first-order valence-corrected chi connectivity index (χ1v) is 5.57. The molecular formula is C11H24N2O. The molecule has 0 aromatic heterocycles. The van der Waals surface area contributed by atoms with Crippen molar-refractivity contribution < 1.29 is 5.11 Å². The maximum Gasteiger partial charge on any atom is 0.0446 e. The molecule has 0 spiro atoms. The minimum atomic E-state index is 0.196. The molecule has 1 aliphatic rings. The van der Waals surface area contributed by atoms with Crippen LogP contribution in [0, 0.1) is 0 Å². The molecule has 1 saturated heterocycles. The van der Waals surface area contributed by atoms with Gasteiger partial charge in [0.25, 0.3) is 0 Å². The fourth-order valence-corrected chi connectivity index (χ4v) is 2.61. The van der Waals surface area contributed by atoms with Gasteiger partial charge in [-0.15, -0.1) is 0 Å². The van der Waals surface area contributed by atoms with Gasteiger partial charge in [-0.05, 0) is 34.1 Å². The van der Waals surface area contributed by atoms with Gasteiger partial charge in [-0.1, -0.05) is 0 Å². The Hall–Kier alpha value is -0.120. The molecule has 1 aliphatic heterocycles. The molecule has 0 saturated carbocycles. The minimum Gasteiger partial charge on any atom is -0.396 e. The first-order chi connectivity index (χ1) is 6.46. The highest BCUT2D eigenvalue weighted by molar-refractivity contribution is 4.92.